The fourth-order valence-electron chi connectivity index (χ4n) is 2.71. The summed E-state index contributed by atoms with van der Waals surface area (Å²) >= 11 is 0. The largest absolute Gasteiger partial charge is 0.497 e. The molecule has 2 N–H and O–H groups in total. The maximum Gasteiger partial charge on any atom is 0.243 e. The molecule has 6 nitrogen and oxygen atoms in total. The van der Waals surface area contributed by atoms with E-state index in [2.05, 4.69) is 25.5 Å². The van der Waals surface area contributed by atoms with Crippen LogP contribution < -0.4 is 10.1 Å². The molecular formula is C19H16FN5O. The summed E-state index contributed by atoms with van der Waals surface area (Å²) in [4.78, 5) is 7.76. The number of nitrogens with zero attached hydrogens (tertiary/aromatic N) is 3. The quantitative estimate of drug-likeness (QED) is 0.573. The molecule has 26 heavy (non-hydrogen) atoms. The number of benzene rings is 2. The van der Waals surface area contributed by atoms with Gasteiger partial charge in [0.05, 0.1) is 25.5 Å². The number of fused-ring (bicyclic) bond motifs is 1. The Labute approximate surface area is 149 Å². The van der Waals surface area contributed by atoms with Crippen molar-refractivity contribution in [1.29, 1.82) is 0 Å². The number of H-pyrrole nitrogens is 1. The Morgan fingerprint density at radius 2 is 1.96 bits per heavy atom. The van der Waals surface area contributed by atoms with Crippen LogP contribution in [0.2, 0.25) is 0 Å². The van der Waals surface area contributed by atoms with Crippen LogP contribution in [-0.2, 0) is 6.54 Å². The van der Waals surface area contributed by atoms with E-state index in [1.54, 1.807) is 25.4 Å². The third-order valence-corrected chi connectivity index (χ3v) is 4.02. The Balaban J connectivity index is 1.51. The molecule has 2 aromatic heterocycles. The lowest BCUT2D eigenvalue weighted by molar-refractivity contribution is 0.415. The standard InChI is InChI=1S/C19H16FN5O/c1-26-16-6-7-17-13(9-16)8-15(23-17)10-21-19-24-18(11-22-25-19)12-2-4-14(20)5-3-12/h2-9,11,23H,10H2,1H3,(H,21,24,25). The molecule has 0 spiro atoms. The van der Waals surface area contributed by atoms with E-state index in [-0.39, 0.29) is 5.82 Å². The molecular weight excluding hydrogens is 333 g/mol. The summed E-state index contributed by atoms with van der Waals surface area (Å²) in [6, 6.07) is 14.0. The number of nitrogens with one attached hydrogen (secondary N) is 2. The Morgan fingerprint density at radius 3 is 2.77 bits per heavy atom. The molecule has 4 rings (SSSR count). The molecule has 7 heteroatoms. The number of aromatic amines is 1. The van der Waals surface area contributed by atoms with Crippen molar-refractivity contribution in [2.45, 2.75) is 6.54 Å². The van der Waals surface area contributed by atoms with Gasteiger partial charge >= 0.3 is 0 Å². The van der Waals surface area contributed by atoms with Crippen molar-refractivity contribution >= 4 is 16.9 Å². The van der Waals surface area contributed by atoms with Gasteiger partial charge in [-0.1, -0.05) is 0 Å². The molecule has 0 fully saturated rings. The number of halogens is 1. The van der Waals surface area contributed by atoms with Crippen LogP contribution in [0.15, 0.2) is 54.7 Å². The van der Waals surface area contributed by atoms with Crippen LogP contribution in [0.4, 0.5) is 10.3 Å². The normalized spacial score (nSPS) is 10.8. The van der Waals surface area contributed by atoms with Crippen LogP contribution in [0.25, 0.3) is 22.2 Å². The maximum absolute atomic E-state index is 13.1. The van der Waals surface area contributed by atoms with E-state index in [1.807, 2.05) is 24.3 Å². The van der Waals surface area contributed by atoms with Crippen molar-refractivity contribution in [2.75, 3.05) is 12.4 Å². The van der Waals surface area contributed by atoms with Crippen molar-refractivity contribution in [2.24, 2.45) is 0 Å². The first-order valence-corrected chi connectivity index (χ1v) is 8.06. The predicted octanol–water partition coefficient (Wildman–Crippen LogP) is 3.78. The van der Waals surface area contributed by atoms with Crippen molar-refractivity contribution in [3.63, 3.8) is 0 Å². The molecule has 0 aliphatic carbocycles. The number of hydrogen-bond acceptors (Lipinski definition) is 5. The summed E-state index contributed by atoms with van der Waals surface area (Å²) in [5.74, 6) is 0.933. The van der Waals surface area contributed by atoms with E-state index >= 15 is 0 Å². The van der Waals surface area contributed by atoms with Crippen LogP contribution in [0.3, 0.4) is 0 Å². The molecule has 0 radical (unpaired) electrons. The molecule has 0 unspecified atom stereocenters. The first-order valence-electron chi connectivity index (χ1n) is 8.06. The van der Waals surface area contributed by atoms with Crippen molar-refractivity contribution in [1.82, 2.24) is 20.2 Å². The minimum absolute atomic E-state index is 0.287. The van der Waals surface area contributed by atoms with Gasteiger partial charge in [-0.3, -0.25) is 0 Å². The second-order valence-corrected chi connectivity index (χ2v) is 5.77. The monoisotopic (exact) mass is 349 g/mol. The molecule has 0 aliphatic rings. The highest BCUT2D eigenvalue weighted by molar-refractivity contribution is 5.82. The zero-order valence-corrected chi connectivity index (χ0v) is 14.0. The fraction of sp³-hybridized carbons (Fsp3) is 0.105. The number of hydrogen-bond donors (Lipinski definition) is 2. The van der Waals surface area contributed by atoms with E-state index in [0.717, 1.165) is 27.9 Å². The lowest BCUT2D eigenvalue weighted by Gasteiger charge is -2.05. The van der Waals surface area contributed by atoms with Gasteiger partial charge in [-0.15, -0.1) is 5.10 Å². The highest BCUT2D eigenvalue weighted by Gasteiger charge is 2.06. The Bertz CT molecular complexity index is 1050. The van der Waals surface area contributed by atoms with E-state index in [0.29, 0.717) is 18.2 Å². The average molecular weight is 349 g/mol. The summed E-state index contributed by atoms with van der Waals surface area (Å²) in [5, 5.41) is 12.2. The van der Waals surface area contributed by atoms with Gasteiger partial charge in [-0.25, -0.2) is 9.37 Å². The molecule has 2 heterocycles. The molecule has 0 amide bonds. The number of ether oxygens (including phenoxy) is 1. The summed E-state index contributed by atoms with van der Waals surface area (Å²) in [7, 11) is 1.65. The summed E-state index contributed by atoms with van der Waals surface area (Å²) in [6.45, 7) is 0.519. The highest BCUT2D eigenvalue weighted by atomic mass is 19.1. The van der Waals surface area contributed by atoms with Crippen LogP contribution >= 0.6 is 0 Å². The highest BCUT2D eigenvalue weighted by Crippen LogP contribution is 2.22. The Kier molecular flexibility index (Phi) is 4.18. The Morgan fingerprint density at radius 1 is 1.12 bits per heavy atom. The van der Waals surface area contributed by atoms with Crippen LogP contribution in [-0.4, -0.2) is 27.3 Å². The summed E-state index contributed by atoms with van der Waals surface area (Å²) in [5.41, 5.74) is 3.43. The number of methoxy groups -OCH3 is 1. The van der Waals surface area contributed by atoms with Gasteiger partial charge in [0.15, 0.2) is 0 Å². The summed E-state index contributed by atoms with van der Waals surface area (Å²) < 4.78 is 18.3. The smallest absolute Gasteiger partial charge is 0.243 e. The lowest BCUT2D eigenvalue weighted by atomic mass is 10.2. The zero-order chi connectivity index (χ0) is 17.9. The molecule has 0 bridgehead atoms. The predicted molar refractivity (Wildman–Crippen MR) is 97.4 cm³/mol. The van der Waals surface area contributed by atoms with Crippen molar-refractivity contribution in [3.05, 3.63) is 66.2 Å². The van der Waals surface area contributed by atoms with Gasteiger partial charge in [-0.05, 0) is 48.5 Å². The van der Waals surface area contributed by atoms with Crippen LogP contribution in [0.1, 0.15) is 5.69 Å². The second-order valence-electron chi connectivity index (χ2n) is 5.77. The topological polar surface area (TPSA) is 75.7 Å². The fourth-order valence-corrected chi connectivity index (χ4v) is 2.71. The zero-order valence-electron chi connectivity index (χ0n) is 14.0. The van der Waals surface area contributed by atoms with Crippen LogP contribution in [0.5, 0.6) is 5.75 Å². The average Bonchev–Trinajstić information content (AvgIpc) is 3.09. The molecule has 4 aromatic rings. The number of rotatable bonds is 5. The lowest BCUT2D eigenvalue weighted by Crippen LogP contribution is -2.05. The third-order valence-electron chi connectivity index (χ3n) is 4.02. The molecule has 0 saturated carbocycles. The molecule has 2 aromatic carbocycles. The van der Waals surface area contributed by atoms with Gasteiger partial charge in [0.1, 0.15) is 11.6 Å². The Hall–Kier alpha value is -3.48. The SMILES string of the molecule is COc1ccc2[nH]c(CNc3nncc(-c4ccc(F)cc4)n3)cc2c1. The van der Waals surface area contributed by atoms with Gasteiger partial charge in [0.25, 0.3) is 0 Å². The van der Waals surface area contributed by atoms with E-state index < -0.39 is 0 Å². The minimum Gasteiger partial charge on any atom is -0.497 e. The molecule has 0 atom stereocenters. The van der Waals surface area contributed by atoms with E-state index in [9.17, 15) is 4.39 Å². The van der Waals surface area contributed by atoms with E-state index in [1.165, 1.54) is 12.1 Å². The first-order chi connectivity index (χ1) is 12.7. The van der Waals surface area contributed by atoms with Crippen LogP contribution in [0, 0.1) is 5.82 Å². The second kappa shape index (κ2) is 6.79. The number of aromatic nitrogens is 4. The van der Waals surface area contributed by atoms with Gasteiger partial charge in [-0.2, -0.15) is 5.10 Å². The van der Waals surface area contributed by atoms with Crippen molar-refractivity contribution in [3.8, 4) is 17.0 Å². The summed E-state index contributed by atoms with van der Waals surface area (Å²) in [6.07, 6.45) is 1.55. The van der Waals surface area contributed by atoms with Gasteiger partial charge < -0.3 is 15.0 Å². The molecule has 0 saturated heterocycles. The third kappa shape index (κ3) is 3.32. The minimum atomic E-state index is -0.287. The number of anilines is 1. The first kappa shape index (κ1) is 16.0. The van der Waals surface area contributed by atoms with E-state index in [4.69, 9.17) is 4.74 Å². The molecule has 130 valence electrons. The van der Waals surface area contributed by atoms with Gasteiger partial charge in [0, 0.05) is 22.2 Å². The van der Waals surface area contributed by atoms with Gasteiger partial charge in [0.2, 0.25) is 5.95 Å². The van der Waals surface area contributed by atoms with Crippen molar-refractivity contribution < 1.29 is 9.13 Å². The molecule has 0 aliphatic heterocycles. The maximum atomic E-state index is 13.1.